The normalized spacial score (nSPS) is 10.2. The summed E-state index contributed by atoms with van der Waals surface area (Å²) in [5.41, 5.74) is 1.87. The van der Waals surface area contributed by atoms with E-state index in [0.29, 0.717) is 27.2 Å². The number of nitrogens with one attached hydrogen (secondary N) is 1. The molecule has 108 valence electrons. The zero-order chi connectivity index (χ0) is 15.5. The summed E-state index contributed by atoms with van der Waals surface area (Å²) in [5.74, 6) is 0.708. The minimum Gasteiger partial charge on any atom is -0.453 e. The van der Waals surface area contributed by atoms with Crippen molar-refractivity contribution in [1.82, 2.24) is 10.2 Å². The molecule has 1 heterocycles. The fraction of sp³-hybridized carbons (Fsp3) is 0. The van der Waals surface area contributed by atoms with Gasteiger partial charge in [-0.2, -0.15) is 10.4 Å². The van der Waals surface area contributed by atoms with Crippen LogP contribution in [0.2, 0.25) is 0 Å². The Hall–Kier alpha value is -2.65. The van der Waals surface area contributed by atoms with Crippen LogP contribution < -0.4 is 4.74 Å². The van der Waals surface area contributed by atoms with Gasteiger partial charge in [0.2, 0.25) is 0 Å². The molecule has 0 fully saturated rings. The second kappa shape index (κ2) is 6.00. The minimum atomic E-state index is -0.308. The highest BCUT2D eigenvalue weighted by molar-refractivity contribution is 9.10. The Labute approximate surface area is 134 Å². The molecule has 0 unspecified atom stereocenters. The number of H-pyrrole nitrogens is 1. The molecule has 2 aromatic carbocycles. The molecule has 1 N–H and O–H groups in total. The van der Waals surface area contributed by atoms with Crippen LogP contribution in [0.3, 0.4) is 0 Å². The lowest BCUT2D eigenvalue weighted by molar-refractivity contribution is 0.484. The maximum Gasteiger partial charge on any atom is 0.172 e. The molecule has 3 aromatic rings. The van der Waals surface area contributed by atoms with Crippen LogP contribution in [0.15, 0.2) is 53.1 Å². The minimum absolute atomic E-state index is 0.308. The second-order valence-electron chi connectivity index (χ2n) is 4.47. The molecule has 0 saturated carbocycles. The van der Waals surface area contributed by atoms with Crippen LogP contribution in [-0.4, -0.2) is 10.2 Å². The van der Waals surface area contributed by atoms with Crippen molar-refractivity contribution in [3.8, 4) is 28.8 Å². The maximum absolute atomic E-state index is 13.0. The first-order valence-corrected chi connectivity index (χ1v) is 7.13. The largest absolute Gasteiger partial charge is 0.453 e. The lowest BCUT2D eigenvalue weighted by atomic mass is 10.1. The third-order valence-electron chi connectivity index (χ3n) is 3.02. The fourth-order valence-electron chi connectivity index (χ4n) is 1.96. The molecular formula is C16H9BrFN3O. The Balaban J connectivity index is 1.93. The van der Waals surface area contributed by atoms with Crippen LogP contribution in [-0.2, 0) is 0 Å². The predicted molar refractivity (Wildman–Crippen MR) is 82.9 cm³/mol. The number of rotatable bonds is 3. The molecule has 0 aliphatic rings. The third-order valence-corrected chi connectivity index (χ3v) is 3.72. The summed E-state index contributed by atoms with van der Waals surface area (Å²) in [4.78, 5) is 0. The van der Waals surface area contributed by atoms with Gasteiger partial charge in [0.1, 0.15) is 23.3 Å². The first kappa shape index (κ1) is 14.3. The monoisotopic (exact) mass is 357 g/mol. The van der Waals surface area contributed by atoms with Gasteiger partial charge in [-0.05, 0) is 58.4 Å². The molecule has 0 atom stereocenters. The number of nitrogens with zero attached hydrogens (tertiary/aromatic N) is 2. The van der Waals surface area contributed by atoms with Gasteiger partial charge < -0.3 is 4.74 Å². The molecule has 6 heteroatoms. The van der Waals surface area contributed by atoms with E-state index in [2.05, 4.69) is 32.2 Å². The van der Waals surface area contributed by atoms with Crippen LogP contribution in [0, 0.1) is 17.1 Å². The molecule has 22 heavy (non-hydrogen) atoms. The van der Waals surface area contributed by atoms with Crippen molar-refractivity contribution >= 4 is 15.9 Å². The average molecular weight is 358 g/mol. The van der Waals surface area contributed by atoms with Gasteiger partial charge in [0, 0.05) is 10.0 Å². The quantitative estimate of drug-likeness (QED) is 0.742. The van der Waals surface area contributed by atoms with E-state index in [4.69, 9.17) is 10.00 Å². The SMILES string of the molecule is N#Cc1cc(Oc2cn[nH]c2-c2ccc(F)cc2)ccc1Br. The van der Waals surface area contributed by atoms with E-state index in [0.717, 1.165) is 5.56 Å². The summed E-state index contributed by atoms with van der Waals surface area (Å²) in [6.07, 6.45) is 1.53. The topological polar surface area (TPSA) is 61.7 Å². The van der Waals surface area contributed by atoms with E-state index < -0.39 is 0 Å². The van der Waals surface area contributed by atoms with E-state index in [1.807, 2.05) is 0 Å². The zero-order valence-electron chi connectivity index (χ0n) is 11.2. The predicted octanol–water partition coefficient (Wildman–Crippen LogP) is 4.64. The highest BCUT2D eigenvalue weighted by Crippen LogP contribution is 2.32. The first-order chi connectivity index (χ1) is 10.7. The number of aromatic amines is 1. The lowest BCUT2D eigenvalue weighted by Gasteiger charge is -2.07. The van der Waals surface area contributed by atoms with E-state index >= 15 is 0 Å². The van der Waals surface area contributed by atoms with Gasteiger partial charge in [-0.3, -0.25) is 5.10 Å². The number of halogens is 2. The Morgan fingerprint density at radius 3 is 2.68 bits per heavy atom. The van der Waals surface area contributed by atoms with E-state index in [1.54, 1.807) is 30.3 Å². The van der Waals surface area contributed by atoms with Crippen molar-refractivity contribution in [3.63, 3.8) is 0 Å². The Kier molecular flexibility index (Phi) is 3.90. The number of nitriles is 1. The van der Waals surface area contributed by atoms with Crippen molar-refractivity contribution in [2.75, 3.05) is 0 Å². The van der Waals surface area contributed by atoms with Crippen LogP contribution >= 0.6 is 15.9 Å². The highest BCUT2D eigenvalue weighted by Gasteiger charge is 2.11. The molecule has 0 saturated heterocycles. The summed E-state index contributed by atoms with van der Waals surface area (Å²) in [6.45, 7) is 0. The Bertz CT molecular complexity index is 853. The first-order valence-electron chi connectivity index (χ1n) is 6.34. The summed E-state index contributed by atoms with van der Waals surface area (Å²) < 4.78 is 19.5. The van der Waals surface area contributed by atoms with Crippen molar-refractivity contribution < 1.29 is 9.13 Å². The number of ether oxygens (including phenoxy) is 1. The average Bonchev–Trinajstić information content (AvgIpc) is 2.98. The van der Waals surface area contributed by atoms with Crippen molar-refractivity contribution in [2.24, 2.45) is 0 Å². The van der Waals surface area contributed by atoms with Gasteiger partial charge in [-0.15, -0.1) is 0 Å². The van der Waals surface area contributed by atoms with Crippen molar-refractivity contribution in [1.29, 1.82) is 5.26 Å². The molecule has 1 aromatic heterocycles. The standard InChI is InChI=1S/C16H9BrFN3O/c17-14-6-5-13(7-11(14)8-19)22-15-9-20-21-16(15)10-1-3-12(18)4-2-10/h1-7,9H,(H,20,21). The van der Waals surface area contributed by atoms with E-state index in [1.165, 1.54) is 18.3 Å². The van der Waals surface area contributed by atoms with Gasteiger partial charge >= 0.3 is 0 Å². The van der Waals surface area contributed by atoms with Gasteiger partial charge in [0.15, 0.2) is 5.75 Å². The second-order valence-corrected chi connectivity index (χ2v) is 5.33. The fourth-order valence-corrected chi connectivity index (χ4v) is 2.29. The number of aromatic nitrogens is 2. The zero-order valence-corrected chi connectivity index (χ0v) is 12.8. The summed E-state index contributed by atoms with van der Waals surface area (Å²) in [7, 11) is 0. The van der Waals surface area contributed by atoms with Crippen molar-refractivity contribution in [2.45, 2.75) is 0 Å². The van der Waals surface area contributed by atoms with Gasteiger partial charge in [-0.1, -0.05) is 0 Å². The molecule has 0 aliphatic heterocycles. The van der Waals surface area contributed by atoms with E-state index in [9.17, 15) is 4.39 Å². The maximum atomic E-state index is 13.0. The highest BCUT2D eigenvalue weighted by atomic mass is 79.9. The van der Waals surface area contributed by atoms with E-state index in [-0.39, 0.29) is 5.82 Å². The molecule has 0 spiro atoms. The molecular weight excluding hydrogens is 349 g/mol. The van der Waals surface area contributed by atoms with Crippen LogP contribution in [0.4, 0.5) is 4.39 Å². The van der Waals surface area contributed by atoms with Crippen LogP contribution in [0.25, 0.3) is 11.3 Å². The summed E-state index contributed by atoms with van der Waals surface area (Å²) >= 11 is 3.29. The molecule has 0 amide bonds. The van der Waals surface area contributed by atoms with Crippen LogP contribution in [0.1, 0.15) is 5.56 Å². The molecule has 3 rings (SSSR count). The summed E-state index contributed by atoms with van der Waals surface area (Å²) in [5, 5.41) is 15.8. The number of benzene rings is 2. The molecule has 0 radical (unpaired) electrons. The molecule has 0 bridgehead atoms. The van der Waals surface area contributed by atoms with Crippen LogP contribution in [0.5, 0.6) is 11.5 Å². The number of hydrogen-bond acceptors (Lipinski definition) is 3. The summed E-state index contributed by atoms with van der Waals surface area (Å²) in [6, 6.07) is 13.2. The lowest BCUT2D eigenvalue weighted by Crippen LogP contribution is -1.88. The Morgan fingerprint density at radius 2 is 1.95 bits per heavy atom. The van der Waals surface area contributed by atoms with Gasteiger partial charge in [0.25, 0.3) is 0 Å². The smallest absolute Gasteiger partial charge is 0.172 e. The van der Waals surface area contributed by atoms with Crippen molar-refractivity contribution in [3.05, 3.63) is 64.5 Å². The number of hydrogen-bond donors (Lipinski definition) is 1. The third kappa shape index (κ3) is 2.85. The van der Waals surface area contributed by atoms with Gasteiger partial charge in [-0.25, -0.2) is 4.39 Å². The molecule has 0 aliphatic carbocycles. The van der Waals surface area contributed by atoms with Gasteiger partial charge in [0.05, 0.1) is 11.8 Å². The molecule has 4 nitrogen and oxygen atoms in total. The Morgan fingerprint density at radius 1 is 1.18 bits per heavy atom.